The molecule has 0 spiro atoms. The average molecular weight is 818 g/mol. The van der Waals surface area contributed by atoms with E-state index in [0.29, 0.717) is 0 Å². The van der Waals surface area contributed by atoms with Gasteiger partial charge in [-0.05, 0) is 0 Å². The van der Waals surface area contributed by atoms with E-state index in [1.165, 1.54) is 0 Å². The molecule has 0 atom stereocenters. The van der Waals surface area contributed by atoms with Crippen LogP contribution >= 0.6 is 0 Å². The number of rotatable bonds is 0. The predicted molar refractivity (Wildman–Crippen MR) is 59.8 cm³/mol. The molecule has 48 valence electrons. The summed E-state index contributed by atoms with van der Waals surface area (Å²) in [5.74, 6) is 0. The zero-order chi connectivity index (χ0) is 0. The number of hydrogen-bond donors (Lipinski definition) is 0. The van der Waals surface area contributed by atoms with Crippen molar-refractivity contribution in [2.45, 2.75) is 0 Å². The Balaban J connectivity index is 0. The summed E-state index contributed by atoms with van der Waals surface area (Å²) in [6.45, 7) is 0. The molecule has 0 amide bonds. The normalized spacial score (nSPS) is 0. The zero-order valence-electron chi connectivity index (χ0n) is 3.94. The first-order valence-corrected chi connectivity index (χ1v) is 0. The maximum Gasteiger partial charge on any atom is 3.00 e. The molecule has 0 unspecified atom stereocenters. The summed E-state index contributed by atoms with van der Waals surface area (Å²) in [5.41, 5.74) is 0. The van der Waals surface area contributed by atoms with Gasteiger partial charge in [0.25, 0.3) is 0 Å². The van der Waals surface area contributed by atoms with Crippen LogP contribution in [0.2, 0.25) is 0 Å². The number of hydrogen-bond acceptors (Lipinski definition) is 0. The van der Waals surface area contributed by atoms with Crippen LogP contribution in [0.3, 0.4) is 0 Å². The molecule has 0 aromatic carbocycles. The fourth-order valence-electron chi connectivity index (χ4n) is 0. The molecule has 0 saturated heterocycles. The summed E-state index contributed by atoms with van der Waals surface area (Å²) < 4.78 is 0. The molecule has 0 aromatic heterocycles. The Morgan fingerprint density at radius 1 is 0.333 bits per heavy atom. The summed E-state index contributed by atoms with van der Waals surface area (Å²) in [5, 5.41) is 0. The molecular formula is Pb2S5Sb2. The van der Waals surface area contributed by atoms with Gasteiger partial charge in [0.2, 0.25) is 0 Å². The molecule has 0 aromatic rings. The molecule has 0 aliphatic rings. The van der Waals surface area contributed by atoms with Crippen molar-refractivity contribution in [1.82, 2.24) is 0 Å². The third kappa shape index (κ3) is 61.0. The van der Waals surface area contributed by atoms with Gasteiger partial charge in [0.05, 0.1) is 0 Å². The SMILES string of the molecule is [Pb+2].[Pb+2].[S-2].[S-2].[S-2].[S-2].[S-2].[Sb+3].[Sb+3]. The molecule has 0 aliphatic heterocycles. The van der Waals surface area contributed by atoms with Crippen LogP contribution < -0.4 is 0 Å². The summed E-state index contributed by atoms with van der Waals surface area (Å²) in [6, 6.07) is 0. The first-order chi connectivity index (χ1) is 0. The van der Waals surface area contributed by atoms with Gasteiger partial charge in [-0.15, -0.1) is 0 Å². The Morgan fingerprint density at radius 3 is 0.333 bits per heavy atom. The van der Waals surface area contributed by atoms with E-state index in [2.05, 4.69) is 0 Å². The van der Waals surface area contributed by atoms with Crippen LogP contribution in [0.15, 0.2) is 0 Å². The van der Waals surface area contributed by atoms with Crippen molar-refractivity contribution in [3.63, 3.8) is 0 Å². The molecule has 0 rings (SSSR count). The minimum atomic E-state index is 0. The molecule has 0 aliphatic carbocycles. The van der Waals surface area contributed by atoms with Crippen molar-refractivity contribution >= 4 is 171 Å². The molecule has 0 bridgehead atoms. The molecular weight excluding hydrogens is 818 g/mol. The molecule has 8 radical (unpaired) electrons. The summed E-state index contributed by atoms with van der Waals surface area (Å²) >= 11 is 0. The second-order valence-electron chi connectivity index (χ2n) is 0. The quantitative estimate of drug-likeness (QED) is 0.261. The van der Waals surface area contributed by atoms with Crippen LogP contribution in [0.25, 0.3) is 0 Å². The van der Waals surface area contributed by atoms with E-state index in [4.69, 9.17) is 0 Å². The molecule has 0 N–H and O–H groups in total. The van der Waals surface area contributed by atoms with E-state index in [0.717, 1.165) is 0 Å². The molecule has 9 heteroatoms. The topological polar surface area (TPSA) is 0 Å². The average Bonchev–Trinajstić information content (AvgIpc) is 0. The van der Waals surface area contributed by atoms with Crippen molar-refractivity contribution in [2.24, 2.45) is 0 Å². The van der Waals surface area contributed by atoms with Crippen LogP contribution in [-0.4, -0.2) is 103 Å². The third-order valence-electron chi connectivity index (χ3n) is 0. The zero-order valence-corrected chi connectivity index (χ0v) is 20.9. The van der Waals surface area contributed by atoms with E-state index < -0.39 is 0 Å². The van der Waals surface area contributed by atoms with Gasteiger partial charge in [0, 0.05) is 0 Å². The Bertz CT molecular complexity index is 12.9. The maximum absolute atomic E-state index is 0. The van der Waals surface area contributed by atoms with E-state index >= 15 is 0 Å². The molecule has 0 nitrogen and oxygen atoms in total. The van der Waals surface area contributed by atoms with Crippen LogP contribution in [0, 0.1) is 0 Å². The summed E-state index contributed by atoms with van der Waals surface area (Å²) in [4.78, 5) is 0. The van der Waals surface area contributed by atoms with E-state index in [1.54, 1.807) is 0 Å². The van der Waals surface area contributed by atoms with Crippen LogP contribution in [-0.2, 0) is 67.5 Å². The van der Waals surface area contributed by atoms with Gasteiger partial charge in [-0.3, -0.25) is 0 Å². The Kier molecular flexibility index (Phi) is 732. The maximum atomic E-state index is 0. The van der Waals surface area contributed by atoms with Crippen molar-refractivity contribution in [1.29, 1.82) is 0 Å². The van der Waals surface area contributed by atoms with Gasteiger partial charge in [0.15, 0.2) is 0 Å². The third-order valence-corrected chi connectivity index (χ3v) is 0. The fourth-order valence-corrected chi connectivity index (χ4v) is 0. The van der Waals surface area contributed by atoms with Crippen molar-refractivity contribution in [2.75, 3.05) is 0 Å². The second kappa shape index (κ2) is 72.3. The fraction of sp³-hybridized carbons (Fsp3) is 0. The van der Waals surface area contributed by atoms with Gasteiger partial charge >= 0.3 is 103 Å². The Hall–Kier alpha value is 5.23. The molecule has 0 heterocycles. The van der Waals surface area contributed by atoms with E-state index in [1.807, 2.05) is 0 Å². The standard InChI is InChI=1S/2Pb.5S.2Sb/q2*+2;5*-2;2*+3. The van der Waals surface area contributed by atoms with Gasteiger partial charge in [-0.1, -0.05) is 0 Å². The summed E-state index contributed by atoms with van der Waals surface area (Å²) in [6.07, 6.45) is 0. The van der Waals surface area contributed by atoms with E-state index in [-0.39, 0.29) is 171 Å². The van der Waals surface area contributed by atoms with Crippen molar-refractivity contribution in [3.8, 4) is 0 Å². The van der Waals surface area contributed by atoms with Crippen molar-refractivity contribution in [3.05, 3.63) is 0 Å². The monoisotopic (exact) mass is 818 g/mol. The first-order valence-electron chi connectivity index (χ1n) is 0. The minimum absolute atomic E-state index is 0. The summed E-state index contributed by atoms with van der Waals surface area (Å²) in [7, 11) is 0. The van der Waals surface area contributed by atoms with Crippen LogP contribution in [0.5, 0.6) is 0 Å². The van der Waals surface area contributed by atoms with Gasteiger partial charge in [-0.25, -0.2) is 0 Å². The smallest absolute Gasteiger partial charge is 2.00 e. The Labute approximate surface area is 167 Å². The van der Waals surface area contributed by atoms with Gasteiger partial charge in [0.1, 0.15) is 0 Å². The Morgan fingerprint density at radius 2 is 0.333 bits per heavy atom. The van der Waals surface area contributed by atoms with Crippen LogP contribution in [0.4, 0.5) is 0 Å². The predicted octanol–water partition coefficient (Wildman–Crippen LogP) is -1.54. The largest absolute Gasteiger partial charge is 3.00 e. The molecule has 9 heavy (non-hydrogen) atoms. The minimum Gasteiger partial charge on any atom is -2.00 e. The van der Waals surface area contributed by atoms with Gasteiger partial charge < -0.3 is 67.5 Å². The van der Waals surface area contributed by atoms with Crippen LogP contribution in [0.1, 0.15) is 0 Å². The van der Waals surface area contributed by atoms with E-state index in [9.17, 15) is 0 Å². The van der Waals surface area contributed by atoms with Gasteiger partial charge in [-0.2, -0.15) is 0 Å². The second-order valence-corrected chi connectivity index (χ2v) is 0. The first kappa shape index (κ1) is 91.1. The van der Waals surface area contributed by atoms with Crippen molar-refractivity contribution < 1.29 is 0 Å². The molecule has 0 fully saturated rings. The molecule has 0 saturated carbocycles.